The van der Waals surface area contributed by atoms with Crippen molar-refractivity contribution < 1.29 is 18.7 Å². The predicted molar refractivity (Wildman–Crippen MR) is 91.7 cm³/mol. The van der Waals surface area contributed by atoms with Gasteiger partial charge in [-0.3, -0.25) is 9.69 Å². The zero-order valence-electron chi connectivity index (χ0n) is 13.6. The van der Waals surface area contributed by atoms with Gasteiger partial charge in [0.1, 0.15) is 10.7 Å². The molecule has 0 aliphatic carbocycles. The number of carbonyl (C=O) groups is 2. The fourth-order valence-electron chi connectivity index (χ4n) is 1.90. The number of ether oxygens (including phenoxy) is 1. The molecule has 1 aromatic heterocycles. The maximum atomic E-state index is 13.1. The van der Waals surface area contributed by atoms with Crippen LogP contribution in [0.25, 0.3) is 6.08 Å². The van der Waals surface area contributed by atoms with Crippen LogP contribution in [0.5, 0.6) is 0 Å². The van der Waals surface area contributed by atoms with Gasteiger partial charge in [-0.1, -0.05) is 23.5 Å². The number of hydrogen-bond acceptors (Lipinski definition) is 5. The van der Waals surface area contributed by atoms with E-state index in [0.717, 1.165) is 11.3 Å². The van der Waals surface area contributed by atoms with Gasteiger partial charge in [0.2, 0.25) is 0 Å². The molecule has 7 heteroatoms. The summed E-state index contributed by atoms with van der Waals surface area (Å²) >= 11 is 1.09. The molecule has 0 unspecified atom stereocenters. The molecule has 2 rings (SSSR count). The highest BCUT2D eigenvalue weighted by molar-refractivity contribution is 7.17. The second-order valence-corrected chi connectivity index (χ2v) is 5.89. The summed E-state index contributed by atoms with van der Waals surface area (Å²) in [4.78, 5) is 30.0. The quantitative estimate of drug-likeness (QED) is 0.613. The molecule has 5 nitrogen and oxygen atoms in total. The van der Waals surface area contributed by atoms with Crippen molar-refractivity contribution in [2.45, 2.75) is 13.8 Å². The van der Waals surface area contributed by atoms with Gasteiger partial charge in [0.05, 0.1) is 12.3 Å². The molecular formula is C17H17FN2O3S. The van der Waals surface area contributed by atoms with Crippen molar-refractivity contribution in [3.8, 4) is 0 Å². The summed E-state index contributed by atoms with van der Waals surface area (Å²) in [6, 6.07) is 5.93. The van der Waals surface area contributed by atoms with E-state index in [0.29, 0.717) is 21.3 Å². The number of thiazole rings is 1. The van der Waals surface area contributed by atoms with Crippen molar-refractivity contribution in [3.05, 3.63) is 52.3 Å². The summed E-state index contributed by atoms with van der Waals surface area (Å²) in [6.07, 6.45) is 2.85. The highest BCUT2D eigenvalue weighted by Crippen LogP contribution is 2.26. The Morgan fingerprint density at radius 1 is 1.42 bits per heavy atom. The lowest BCUT2D eigenvalue weighted by Gasteiger charge is -2.10. The number of anilines is 1. The van der Waals surface area contributed by atoms with Crippen LogP contribution < -0.4 is 4.90 Å². The van der Waals surface area contributed by atoms with Crippen LogP contribution >= 0.6 is 11.3 Å². The highest BCUT2D eigenvalue weighted by atomic mass is 32.1. The summed E-state index contributed by atoms with van der Waals surface area (Å²) in [5.74, 6) is -1.15. The van der Waals surface area contributed by atoms with Crippen molar-refractivity contribution in [2.75, 3.05) is 18.6 Å². The summed E-state index contributed by atoms with van der Waals surface area (Å²) < 4.78 is 18.1. The summed E-state index contributed by atoms with van der Waals surface area (Å²) in [5.41, 5.74) is 1.10. The largest absolute Gasteiger partial charge is 0.462 e. The third kappa shape index (κ3) is 4.26. The second kappa shape index (κ2) is 7.83. The molecule has 1 heterocycles. The van der Waals surface area contributed by atoms with Crippen molar-refractivity contribution >= 4 is 34.4 Å². The number of esters is 1. The lowest BCUT2D eigenvalue weighted by molar-refractivity contribution is -0.113. The van der Waals surface area contributed by atoms with Crippen LogP contribution in [0.1, 0.15) is 27.9 Å². The van der Waals surface area contributed by atoms with E-state index >= 15 is 0 Å². The second-order valence-electron chi connectivity index (χ2n) is 4.92. The third-order valence-corrected chi connectivity index (χ3v) is 4.34. The summed E-state index contributed by atoms with van der Waals surface area (Å²) in [7, 11) is 1.56. The fourth-order valence-corrected chi connectivity index (χ4v) is 2.82. The topological polar surface area (TPSA) is 59.5 Å². The first kappa shape index (κ1) is 17.8. The van der Waals surface area contributed by atoms with E-state index in [1.54, 1.807) is 33.0 Å². The van der Waals surface area contributed by atoms with Crippen LogP contribution in [0.4, 0.5) is 9.52 Å². The minimum absolute atomic E-state index is 0.274. The SMILES string of the molecule is CCOC(=O)c1sc(N(C)C(=O)C=Cc2cccc(F)c2)nc1C. The van der Waals surface area contributed by atoms with Gasteiger partial charge in [-0.2, -0.15) is 0 Å². The number of likely N-dealkylation sites (N-methyl/N-ethyl adjacent to an activating group) is 1. The molecule has 1 amide bonds. The van der Waals surface area contributed by atoms with Gasteiger partial charge in [-0.25, -0.2) is 14.2 Å². The molecule has 0 aliphatic rings. The lowest BCUT2D eigenvalue weighted by atomic mass is 10.2. The van der Waals surface area contributed by atoms with Gasteiger partial charge in [0.15, 0.2) is 5.13 Å². The van der Waals surface area contributed by atoms with Gasteiger partial charge >= 0.3 is 5.97 Å². The molecule has 0 saturated heterocycles. The Kier molecular flexibility index (Phi) is 5.81. The molecule has 0 atom stereocenters. The number of amides is 1. The molecular weight excluding hydrogens is 331 g/mol. The Morgan fingerprint density at radius 3 is 2.83 bits per heavy atom. The molecule has 0 N–H and O–H groups in total. The van der Waals surface area contributed by atoms with E-state index in [1.807, 2.05) is 0 Å². The molecule has 0 fully saturated rings. The van der Waals surface area contributed by atoms with Crippen LogP contribution in [0.15, 0.2) is 30.3 Å². The number of rotatable bonds is 5. The van der Waals surface area contributed by atoms with Gasteiger partial charge < -0.3 is 4.74 Å². The van der Waals surface area contributed by atoms with Crippen LogP contribution in [0.3, 0.4) is 0 Å². The van der Waals surface area contributed by atoms with Crippen LogP contribution in [-0.2, 0) is 9.53 Å². The van der Waals surface area contributed by atoms with E-state index < -0.39 is 5.97 Å². The van der Waals surface area contributed by atoms with E-state index in [1.165, 1.54) is 29.2 Å². The van der Waals surface area contributed by atoms with Crippen molar-refractivity contribution in [1.82, 2.24) is 4.98 Å². The van der Waals surface area contributed by atoms with Crippen molar-refractivity contribution in [3.63, 3.8) is 0 Å². The molecule has 2 aromatic rings. The zero-order chi connectivity index (χ0) is 17.7. The first-order valence-corrected chi connectivity index (χ1v) is 8.10. The Morgan fingerprint density at radius 2 is 2.17 bits per heavy atom. The van der Waals surface area contributed by atoms with Crippen LogP contribution in [0.2, 0.25) is 0 Å². The number of nitrogens with zero attached hydrogens (tertiary/aromatic N) is 2. The Bertz CT molecular complexity index is 786. The standard InChI is InChI=1S/C17H17FN2O3S/c1-4-23-16(22)15-11(2)19-17(24-15)20(3)14(21)9-8-12-6-5-7-13(18)10-12/h5-10H,4H2,1-3H3. The maximum Gasteiger partial charge on any atom is 0.350 e. The highest BCUT2D eigenvalue weighted by Gasteiger charge is 2.20. The van der Waals surface area contributed by atoms with Crippen molar-refractivity contribution in [1.29, 1.82) is 0 Å². The number of hydrogen-bond donors (Lipinski definition) is 0. The smallest absolute Gasteiger partial charge is 0.350 e. The van der Waals surface area contributed by atoms with Gasteiger partial charge in [-0.05, 0) is 37.6 Å². The number of aromatic nitrogens is 1. The first-order chi connectivity index (χ1) is 11.4. The normalized spacial score (nSPS) is 10.8. The van der Waals surface area contributed by atoms with E-state index in [2.05, 4.69) is 4.98 Å². The Balaban J connectivity index is 2.13. The molecule has 24 heavy (non-hydrogen) atoms. The third-order valence-electron chi connectivity index (χ3n) is 3.13. The maximum absolute atomic E-state index is 13.1. The minimum atomic E-state index is -0.449. The van der Waals surface area contributed by atoms with Gasteiger partial charge in [0, 0.05) is 13.1 Å². The lowest BCUT2D eigenvalue weighted by Crippen LogP contribution is -2.23. The molecule has 0 radical (unpaired) electrons. The number of halogens is 1. The zero-order valence-corrected chi connectivity index (χ0v) is 14.4. The van der Waals surface area contributed by atoms with Crippen molar-refractivity contribution in [2.24, 2.45) is 0 Å². The molecule has 0 aliphatic heterocycles. The number of carbonyl (C=O) groups excluding carboxylic acids is 2. The molecule has 1 aromatic carbocycles. The molecule has 126 valence electrons. The summed E-state index contributed by atoms with van der Waals surface area (Å²) in [5, 5.41) is 0.393. The van der Waals surface area contributed by atoms with Gasteiger partial charge in [0.25, 0.3) is 5.91 Å². The Labute approximate surface area is 143 Å². The molecule has 0 bridgehead atoms. The summed E-state index contributed by atoms with van der Waals surface area (Å²) in [6.45, 7) is 3.69. The fraction of sp³-hybridized carbons (Fsp3) is 0.235. The van der Waals surface area contributed by atoms with E-state index in [-0.39, 0.29) is 18.3 Å². The Hall–Kier alpha value is -2.54. The average Bonchev–Trinajstić information content (AvgIpc) is 2.94. The number of aryl methyl sites for hydroxylation is 1. The average molecular weight is 348 g/mol. The first-order valence-electron chi connectivity index (χ1n) is 7.28. The molecule has 0 saturated carbocycles. The van der Waals surface area contributed by atoms with E-state index in [4.69, 9.17) is 4.74 Å². The number of benzene rings is 1. The molecule has 0 spiro atoms. The van der Waals surface area contributed by atoms with Crippen LogP contribution in [0, 0.1) is 12.7 Å². The van der Waals surface area contributed by atoms with E-state index in [9.17, 15) is 14.0 Å². The van der Waals surface area contributed by atoms with Gasteiger partial charge in [-0.15, -0.1) is 0 Å². The predicted octanol–water partition coefficient (Wildman–Crippen LogP) is 3.44. The minimum Gasteiger partial charge on any atom is -0.462 e. The monoisotopic (exact) mass is 348 g/mol. The van der Waals surface area contributed by atoms with Crippen LogP contribution in [-0.4, -0.2) is 30.5 Å².